The highest BCUT2D eigenvalue weighted by Gasteiger charge is 2.11. The highest BCUT2D eigenvalue weighted by molar-refractivity contribution is 6.83. The number of halogens is 2. The van der Waals surface area contributed by atoms with Gasteiger partial charge in [-0.05, 0) is 25.0 Å². The molecule has 1 rings (SSSR count). The molecular weight excluding hydrogens is 246 g/mol. The van der Waals surface area contributed by atoms with Crippen LogP contribution in [0.4, 0.5) is 8.78 Å². The van der Waals surface area contributed by atoms with Crippen LogP contribution in [0.25, 0.3) is 0 Å². The summed E-state index contributed by atoms with van der Waals surface area (Å²) in [7, 11) is -1.52. The topological polar surface area (TPSA) is 0 Å². The molecule has 0 heterocycles. The first-order valence-corrected chi connectivity index (χ1v) is 9.84. The Kier molecular flexibility index (Phi) is 5.10. The van der Waals surface area contributed by atoms with E-state index in [0.717, 1.165) is 12.8 Å². The molecule has 0 aliphatic carbocycles. The predicted molar refractivity (Wildman–Crippen MR) is 75.2 cm³/mol. The fourth-order valence-corrected chi connectivity index (χ4v) is 2.05. The molecule has 18 heavy (non-hydrogen) atoms. The lowest BCUT2D eigenvalue weighted by Gasteiger charge is -2.06. The second kappa shape index (κ2) is 6.15. The molecule has 1 aromatic rings. The van der Waals surface area contributed by atoms with Gasteiger partial charge >= 0.3 is 0 Å². The second-order valence-corrected chi connectivity index (χ2v) is 10.3. The zero-order chi connectivity index (χ0) is 13.8. The Hall–Kier alpha value is -1.14. The zero-order valence-electron chi connectivity index (χ0n) is 11.5. The quantitative estimate of drug-likeness (QED) is 0.557. The molecule has 1 aromatic carbocycles. The molecule has 0 N–H and O–H groups in total. The summed E-state index contributed by atoms with van der Waals surface area (Å²) in [6, 6.07) is 2.70. The minimum Gasteiger partial charge on any atom is -0.207 e. The van der Waals surface area contributed by atoms with E-state index in [2.05, 4.69) is 31.1 Å². The number of benzene rings is 1. The highest BCUT2D eigenvalue weighted by Crippen LogP contribution is 2.17. The smallest absolute Gasteiger partial charge is 0.130 e. The van der Waals surface area contributed by atoms with Gasteiger partial charge < -0.3 is 0 Å². The molecule has 0 atom stereocenters. The molecule has 0 nitrogen and oxygen atoms in total. The lowest BCUT2D eigenvalue weighted by Crippen LogP contribution is -2.16. The Bertz CT molecular complexity index is 452. The summed E-state index contributed by atoms with van der Waals surface area (Å²) in [4.78, 5) is 0. The van der Waals surface area contributed by atoms with E-state index in [9.17, 15) is 8.78 Å². The largest absolute Gasteiger partial charge is 0.207 e. The van der Waals surface area contributed by atoms with Crippen molar-refractivity contribution in [2.75, 3.05) is 0 Å². The van der Waals surface area contributed by atoms with Crippen molar-refractivity contribution in [3.63, 3.8) is 0 Å². The number of unbranched alkanes of at least 4 members (excludes halogenated alkanes) is 1. The second-order valence-electron chi connectivity index (χ2n) is 5.52. The van der Waals surface area contributed by atoms with Crippen LogP contribution in [0.3, 0.4) is 0 Å². The van der Waals surface area contributed by atoms with Crippen LogP contribution in [0.5, 0.6) is 0 Å². The molecule has 0 radical (unpaired) electrons. The SMILES string of the molecule is CCCCc1c(F)cc(C#C[Si](C)(C)C)cc1F. The van der Waals surface area contributed by atoms with Gasteiger partial charge in [-0.3, -0.25) is 0 Å². The van der Waals surface area contributed by atoms with Gasteiger partial charge in [0.2, 0.25) is 0 Å². The van der Waals surface area contributed by atoms with Crippen LogP contribution >= 0.6 is 0 Å². The van der Waals surface area contributed by atoms with Crippen LogP contribution in [0, 0.1) is 23.1 Å². The Balaban J connectivity index is 3.02. The number of hydrogen-bond donors (Lipinski definition) is 0. The van der Waals surface area contributed by atoms with E-state index in [1.54, 1.807) is 0 Å². The van der Waals surface area contributed by atoms with Crippen molar-refractivity contribution in [1.82, 2.24) is 0 Å². The van der Waals surface area contributed by atoms with Crippen molar-refractivity contribution in [2.45, 2.75) is 45.8 Å². The van der Waals surface area contributed by atoms with Crippen molar-refractivity contribution in [1.29, 1.82) is 0 Å². The van der Waals surface area contributed by atoms with E-state index in [0.29, 0.717) is 12.0 Å². The molecule has 0 fully saturated rings. The first-order valence-electron chi connectivity index (χ1n) is 6.34. The van der Waals surface area contributed by atoms with E-state index in [4.69, 9.17) is 0 Å². The van der Waals surface area contributed by atoms with Gasteiger partial charge in [0.15, 0.2) is 0 Å². The van der Waals surface area contributed by atoms with E-state index in [1.165, 1.54) is 12.1 Å². The third kappa shape index (κ3) is 4.62. The number of hydrogen-bond acceptors (Lipinski definition) is 0. The minimum atomic E-state index is -1.52. The average molecular weight is 266 g/mol. The lowest BCUT2D eigenvalue weighted by molar-refractivity contribution is 0.548. The number of rotatable bonds is 3. The highest BCUT2D eigenvalue weighted by atomic mass is 28.3. The van der Waals surface area contributed by atoms with E-state index >= 15 is 0 Å². The van der Waals surface area contributed by atoms with Crippen LogP contribution in [-0.2, 0) is 6.42 Å². The standard InChI is InChI=1S/C15H20F2Si/c1-5-6-7-13-14(16)10-12(11-15(13)17)8-9-18(2,3)4/h10-11H,5-7H2,1-4H3. The Morgan fingerprint density at radius 1 is 1.11 bits per heavy atom. The van der Waals surface area contributed by atoms with Gasteiger partial charge in [0.25, 0.3) is 0 Å². The Morgan fingerprint density at radius 3 is 2.11 bits per heavy atom. The molecule has 0 aliphatic rings. The van der Waals surface area contributed by atoms with Gasteiger partial charge in [-0.2, -0.15) is 0 Å². The summed E-state index contributed by atoms with van der Waals surface area (Å²) < 4.78 is 27.5. The van der Waals surface area contributed by atoms with Crippen molar-refractivity contribution in [2.24, 2.45) is 0 Å². The molecule has 0 saturated carbocycles. The summed E-state index contributed by atoms with van der Waals surface area (Å²) >= 11 is 0. The van der Waals surface area contributed by atoms with Gasteiger partial charge in [0, 0.05) is 11.1 Å². The van der Waals surface area contributed by atoms with E-state index in [-0.39, 0.29) is 5.56 Å². The fraction of sp³-hybridized carbons (Fsp3) is 0.467. The molecule has 3 heteroatoms. The van der Waals surface area contributed by atoms with Gasteiger partial charge in [0.1, 0.15) is 19.7 Å². The molecule has 0 bridgehead atoms. The van der Waals surface area contributed by atoms with Crippen LogP contribution in [-0.4, -0.2) is 8.07 Å². The first-order chi connectivity index (χ1) is 8.33. The van der Waals surface area contributed by atoms with Crippen LogP contribution < -0.4 is 0 Å². The average Bonchev–Trinajstić information content (AvgIpc) is 2.24. The summed E-state index contributed by atoms with van der Waals surface area (Å²) in [5, 5.41) is 0. The van der Waals surface area contributed by atoms with Crippen LogP contribution in [0.2, 0.25) is 19.6 Å². The Labute approximate surface area is 109 Å². The molecule has 0 saturated heterocycles. The molecule has 0 amide bonds. The van der Waals surface area contributed by atoms with Gasteiger partial charge in [-0.15, -0.1) is 5.54 Å². The van der Waals surface area contributed by atoms with Crippen molar-refractivity contribution in [3.8, 4) is 11.5 Å². The Morgan fingerprint density at radius 2 is 1.67 bits per heavy atom. The predicted octanol–water partition coefficient (Wildman–Crippen LogP) is 4.54. The molecule has 0 unspecified atom stereocenters. The fourth-order valence-electron chi connectivity index (χ4n) is 1.53. The van der Waals surface area contributed by atoms with Gasteiger partial charge in [-0.25, -0.2) is 8.78 Å². The van der Waals surface area contributed by atoms with Crippen LogP contribution in [0.1, 0.15) is 30.9 Å². The maximum absolute atomic E-state index is 13.8. The summed E-state index contributed by atoms with van der Waals surface area (Å²) in [5.41, 5.74) is 3.74. The summed E-state index contributed by atoms with van der Waals surface area (Å²) in [6.45, 7) is 8.30. The van der Waals surface area contributed by atoms with E-state index < -0.39 is 19.7 Å². The normalized spacial score (nSPS) is 11.0. The molecule has 0 aliphatic heterocycles. The van der Waals surface area contributed by atoms with Crippen molar-refractivity contribution >= 4 is 8.07 Å². The summed E-state index contributed by atoms with van der Waals surface area (Å²) in [6.07, 6.45) is 2.18. The van der Waals surface area contributed by atoms with Crippen molar-refractivity contribution < 1.29 is 8.78 Å². The van der Waals surface area contributed by atoms with Crippen LogP contribution in [0.15, 0.2) is 12.1 Å². The minimum absolute atomic E-state index is 0.190. The summed E-state index contributed by atoms with van der Waals surface area (Å²) in [5.74, 6) is 1.94. The van der Waals surface area contributed by atoms with Gasteiger partial charge in [-0.1, -0.05) is 38.9 Å². The molecular formula is C15H20F2Si. The first kappa shape index (κ1) is 14.9. The third-order valence-corrected chi connectivity index (χ3v) is 3.38. The maximum Gasteiger partial charge on any atom is 0.130 e. The van der Waals surface area contributed by atoms with Gasteiger partial charge in [0.05, 0.1) is 0 Å². The monoisotopic (exact) mass is 266 g/mol. The molecule has 98 valence electrons. The lowest BCUT2D eigenvalue weighted by atomic mass is 10.0. The molecule has 0 aromatic heterocycles. The zero-order valence-corrected chi connectivity index (χ0v) is 12.5. The third-order valence-electron chi connectivity index (χ3n) is 2.50. The maximum atomic E-state index is 13.8. The van der Waals surface area contributed by atoms with Crippen molar-refractivity contribution in [3.05, 3.63) is 34.9 Å². The molecule has 0 spiro atoms. The van der Waals surface area contributed by atoms with E-state index in [1.807, 2.05) is 6.92 Å².